The molecule has 8 aromatic carbocycles. The molecule has 0 fully saturated rings. The number of benzene rings is 8. The van der Waals surface area contributed by atoms with E-state index in [9.17, 15) is 0 Å². The van der Waals surface area contributed by atoms with Gasteiger partial charge in [0.1, 0.15) is 5.52 Å². The zero-order valence-corrected chi connectivity index (χ0v) is 30.9. The summed E-state index contributed by atoms with van der Waals surface area (Å²) in [5.41, 5.74) is 20.4. The fraction of sp³-hybridized carbons (Fsp3) is 0.0392. The van der Waals surface area contributed by atoms with Crippen LogP contribution < -0.4 is 21.0 Å². The molecular weight excluding hydrogens is 679 g/mol. The molecule has 0 spiro atoms. The van der Waals surface area contributed by atoms with Crippen LogP contribution in [0.3, 0.4) is 0 Å². The lowest BCUT2D eigenvalue weighted by atomic mass is 9.34. The van der Waals surface area contributed by atoms with Gasteiger partial charge in [-0.15, -0.1) is 0 Å². The third-order valence-corrected chi connectivity index (χ3v) is 13.4. The Morgan fingerprint density at radius 3 is 1.64 bits per heavy atom. The molecular formula is C51H32BN4+. The number of hydrogen-bond donors (Lipinski definition) is 0. The monoisotopic (exact) mass is 711 g/mol. The molecule has 2 aliphatic heterocycles. The van der Waals surface area contributed by atoms with Gasteiger partial charge in [-0.25, -0.2) is 4.57 Å². The predicted octanol–water partition coefficient (Wildman–Crippen LogP) is 9.54. The van der Waals surface area contributed by atoms with Gasteiger partial charge in [-0.3, -0.25) is 0 Å². The van der Waals surface area contributed by atoms with E-state index in [2.05, 4.69) is 190 Å². The van der Waals surface area contributed by atoms with Crippen molar-refractivity contribution in [2.24, 2.45) is 7.05 Å². The lowest BCUT2D eigenvalue weighted by Crippen LogP contribution is -2.59. The Morgan fingerprint density at radius 2 is 1.00 bits per heavy atom. The van der Waals surface area contributed by atoms with Gasteiger partial charge < -0.3 is 9.13 Å². The van der Waals surface area contributed by atoms with E-state index >= 15 is 0 Å². The average Bonchev–Trinajstić information content (AvgIpc) is 3.87. The van der Waals surface area contributed by atoms with Crippen molar-refractivity contribution in [1.29, 1.82) is 0 Å². The quantitative estimate of drug-likeness (QED) is 0.0918. The van der Waals surface area contributed by atoms with Crippen molar-refractivity contribution in [3.8, 4) is 22.5 Å². The van der Waals surface area contributed by atoms with Crippen LogP contribution in [-0.4, -0.2) is 20.2 Å². The molecule has 0 aliphatic carbocycles. The molecule has 12 aromatic rings. The Hall–Kier alpha value is -7.11. The molecule has 4 nitrogen and oxygen atoms in total. The highest BCUT2D eigenvalue weighted by Crippen LogP contribution is 2.41. The number of nitrogens with zero attached hydrogens (tertiary/aromatic N) is 4. The van der Waals surface area contributed by atoms with Gasteiger partial charge in [-0.05, 0) is 88.5 Å². The molecule has 14 rings (SSSR count). The maximum Gasteiger partial charge on any atom is 0.295 e. The van der Waals surface area contributed by atoms with Crippen LogP contribution in [0.5, 0.6) is 0 Å². The molecule has 56 heavy (non-hydrogen) atoms. The second-order valence-corrected chi connectivity index (χ2v) is 16.0. The highest BCUT2D eigenvalue weighted by molar-refractivity contribution is 7.00. The van der Waals surface area contributed by atoms with Crippen LogP contribution in [0.15, 0.2) is 158 Å². The minimum Gasteiger partial charge on any atom is -0.310 e. The van der Waals surface area contributed by atoms with Crippen molar-refractivity contribution in [1.82, 2.24) is 13.5 Å². The predicted molar refractivity (Wildman–Crippen MR) is 235 cm³/mol. The number of para-hydroxylation sites is 5. The first-order valence-electron chi connectivity index (χ1n) is 19.6. The maximum atomic E-state index is 2.57. The van der Waals surface area contributed by atoms with E-state index in [1.165, 1.54) is 126 Å². The smallest absolute Gasteiger partial charge is 0.295 e. The van der Waals surface area contributed by atoms with E-state index in [4.69, 9.17) is 0 Å². The third-order valence-electron chi connectivity index (χ3n) is 13.4. The summed E-state index contributed by atoms with van der Waals surface area (Å²) in [5.74, 6) is 0. The number of rotatable bonds is 1. The first-order chi connectivity index (χ1) is 27.7. The van der Waals surface area contributed by atoms with E-state index in [1.54, 1.807) is 0 Å². The van der Waals surface area contributed by atoms with Gasteiger partial charge in [0.05, 0.1) is 23.5 Å². The Labute approximate surface area is 321 Å². The molecule has 0 saturated carbocycles. The molecule has 6 heterocycles. The van der Waals surface area contributed by atoms with Crippen LogP contribution in [-0.2, 0) is 7.05 Å². The van der Waals surface area contributed by atoms with Crippen LogP contribution >= 0.6 is 0 Å². The van der Waals surface area contributed by atoms with Gasteiger partial charge in [0.2, 0.25) is 0 Å². The fourth-order valence-electron chi connectivity index (χ4n) is 11.1. The van der Waals surface area contributed by atoms with Gasteiger partial charge in [-0.2, -0.15) is 4.40 Å². The van der Waals surface area contributed by atoms with Crippen LogP contribution in [0.1, 0.15) is 5.56 Å². The van der Waals surface area contributed by atoms with Gasteiger partial charge in [0.15, 0.2) is 11.0 Å². The van der Waals surface area contributed by atoms with E-state index in [-0.39, 0.29) is 6.71 Å². The van der Waals surface area contributed by atoms with E-state index < -0.39 is 0 Å². The number of aryl methyl sites for hydroxylation is 2. The zero-order chi connectivity index (χ0) is 36.6. The first-order valence-corrected chi connectivity index (χ1v) is 19.6. The fourth-order valence-corrected chi connectivity index (χ4v) is 11.1. The van der Waals surface area contributed by atoms with Crippen LogP contribution in [0.2, 0.25) is 0 Å². The number of pyridine rings is 1. The summed E-state index contributed by atoms with van der Waals surface area (Å²) >= 11 is 0. The van der Waals surface area contributed by atoms with E-state index in [0.29, 0.717) is 0 Å². The summed E-state index contributed by atoms with van der Waals surface area (Å²) < 4.78 is 10.0. The second kappa shape index (κ2) is 9.95. The summed E-state index contributed by atoms with van der Waals surface area (Å²) in [4.78, 5) is 0. The minimum absolute atomic E-state index is 0.120. The van der Waals surface area contributed by atoms with Gasteiger partial charge in [0.25, 0.3) is 12.4 Å². The Balaban J connectivity index is 1.15. The summed E-state index contributed by atoms with van der Waals surface area (Å²) in [6.07, 6.45) is 0. The number of imidazole rings is 1. The lowest BCUT2D eigenvalue weighted by molar-refractivity contribution is -0.617. The standard InChI is InChI=1S/C51H32BN4/c1-29-12-9-16-35-32-13-3-8-23-42(32)56-44-26-30(24-25-43(44)53(2)51(56)47(29)35)31-27-45-48-46(28-31)55-41-22-7-5-15-34(41)37-18-11-20-39(50(37)55)52(48)38-19-10-17-36-33-14-4-6-21-40(33)54(45)49(36)38/h3-28H,1-2H3/q+1. The van der Waals surface area contributed by atoms with Crippen LogP contribution in [0.4, 0.5) is 0 Å². The molecule has 0 unspecified atom stereocenters. The highest BCUT2D eigenvalue weighted by atomic mass is 15.1. The van der Waals surface area contributed by atoms with Crippen LogP contribution in [0.25, 0.3) is 104 Å². The van der Waals surface area contributed by atoms with E-state index in [0.717, 1.165) is 0 Å². The van der Waals surface area contributed by atoms with Gasteiger partial charge in [-0.1, -0.05) is 109 Å². The molecule has 0 N–H and O–H groups in total. The van der Waals surface area contributed by atoms with Crippen molar-refractivity contribution >= 4 is 105 Å². The minimum atomic E-state index is 0.120. The molecule has 258 valence electrons. The molecule has 0 amide bonds. The molecule has 0 bridgehead atoms. The average molecular weight is 712 g/mol. The summed E-state index contributed by atoms with van der Waals surface area (Å²) in [6, 6.07) is 59.5. The van der Waals surface area contributed by atoms with Gasteiger partial charge in [0, 0.05) is 54.7 Å². The lowest BCUT2D eigenvalue weighted by Gasteiger charge is -2.34. The third kappa shape index (κ3) is 3.30. The largest absolute Gasteiger partial charge is 0.310 e. The normalized spacial score (nSPS) is 13.1. The summed E-state index contributed by atoms with van der Waals surface area (Å²) in [5, 5.41) is 9.11. The molecule has 0 saturated heterocycles. The molecule has 4 aromatic heterocycles. The Bertz CT molecular complexity index is 3660. The number of fused-ring (bicyclic) bond motifs is 18. The second-order valence-electron chi connectivity index (χ2n) is 16.0. The summed E-state index contributed by atoms with van der Waals surface area (Å²) in [6.45, 7) is 2.36. The highest BCUT2D eigenvalue weighted by Gasteiger charge is 2.41. The Morgan fingerprint density at radius 1 is 0.464 bits per heavy atom. The SMILES string of the molecule is Cc1cccc2c3ccccc3n3c4cc(-c5cc6c7c(c5)-n5c8ccccc8c8cccc(c85)B7c5cccc7c8ccccc8n-6c57)ccc4[n+](C)c3c12. The van der Waals surface area contributed by atoms with Crippen molar-refractivity contribution in [2.75, 3.05) is 0 Å². The van der Waals surface area contributed by atoms with Crippen molar-refractivity contribution in [3.05, 3.63) is 163 Å². The first kappa shape index (κ1) is 29.3. The summed E-state index contributed by atoms with van der Waals surface area (Å²) in [7, 11) is 2.22. The Kier molecular flexibility index (Phi) is 5.20. The van der Waals surface area contributed by atoms with Crippen molar-refractivity contribution < 1.29 is 4.57 Å². The van der Waals surface area contributed by atoms with Crippen LogP contribution in [0, 0.1) is 6.92 Å². The zero-order valence-electron chi connectivity index (χ0n) is 30.9. The van der Waals surface area contributed by atoms with Gasteiger partial charge >= 0.3 is 0 Å². The van der Waals surface area contributed by atoms with Crippen molar-refractivity contribution in [2.45, 2.75) is 6.92 Å². The van der Waals surface area contributed by atoms with Crippen molar-refractivity contribution in [3.63, 3.8) is 0 Å². The topological polar surface area (TPSA) is 18.1 Å². The number of hydrogen-bond acceptors (Lipinski definition) is 0. The molecule has 5 heteroatoms. The maximum absolute atomic E-state index is 2.57. The van der Waals surface area contributed by atoms with E-state index in [1.807, 2.05) is 0 Å². The molecule has 0 atom stereocenters. The molecule has 2 aliphatic rings. The number of aromatic nitrogens is 4. The molecule has 0 radical (unpaired) electrons.